The first-order valence-corrected chi connectivity index (χ1v) is 10.1. The van der Waals surface area contributed by atoms with Gasteiger partial charge in [-0.15, -0.1) is 0 Å². The zero-order chi connectivity index (χ0) is 24.1. The van der Waals surface area contributed by atoms with Gasteiger partial charge in [-0.1, -0.05) is 12.1 Å². The van der Waals surface area contributed by atoms with Crippen LogP contribution in [0.1, 0.15) is 34.2 Å². The number of carbonyl (C=O) groups excluding carboxylic acids is 2. The number of aromatic nitrogens is 1. The molecule has 1 unspecified atom stereocenters. The molecule has 0 aliphatic heterocycles. The summed E-state index contributed by atoms with van der Waals surface area (Å²) >= 11 is 0. The van der Waals surface area contributed by atoms with Crippen molar-refractivity contribution in [1.29, 1.82) is 0 Å². The van der Waals surface area contributed by atoms with Gasteiger partial charge in [0.1, 0.15) is 11.6 Å². The summed E-state index contributed by atoms with van der Waals surface area (Å²) in [6.07, 6.45) is 1.48. The average Bonchev–Trinajstić information content (AvgIpc) is 3.06. The average molecular weight is 457 g/mol. The van der Waals surface area contributed by atoms with Gasteiger partial charge in [0.05, 0.1) is 0 Å². The molecule has 1 heterocycles. The van der Waals surface area contributed by atoms with Crippen LogP contribution in [0.25, 0.3) is 11.8 Å². The number of halogens is 3. The summed E-state index contributed by atoms with van der Waals surface area (Å²) in [6, 6.07) is 13.4. The fraction of sp³-hybridized carbons (Fsp3) is 0.200. The molecule has 0 spiro atoms. The monoisotopic (exact) mass is 457 g/mol. The van der Waals surface area contributed by atoms with E-state index in [2.05, 4.69) is 4.74 Å². The standard InChI is InChI=1S/C25H22F3NO4/c1-15-13-22(16(2)29(15)20-8-10-21(11-9-20)33-25(27)28)24(31)17(3)32-23(30)12-7-18-5-4-6-19(26)14-18/h4-14,17,25H,1-3H3. The topological polar surface area (TPSA) is 57.5 Å². The first-order valence-electron chi connectivity index (χ1n) is 10.1. The molecule has 3 aromatic rings. The third-order valence-electron chi connectivity index (χ3n) is 4.94. The number of hydrogen-bond acceptors (Lipinski definition) is 4. The van der Waals surface area contributed by atoms with Crippen molar-refractivity contribution in [2.75, 3.05) is 0 Å². The molecule has 0 saturated carbocycles. The second-order valence-corrected chi connectivity index (χ2v) is 7.32. The highest BCUT2D eigenvalue weighted by molar-refractivity contribution is 6.02. The number of ether oxygens (including phenoxy) is 2. The Bertz CT molecular complexity index is 1180. The fourth-order valence-corrected chi connectivity index (χ4v) is 3.45. The Hall–Kier alpha value is -3.81. The molecular formula is C25H22F3NO4. The number of rotatable bonds is 8. The van der Waals surface area contributed by atoms with Crippen LogP contribution in [-0.4, -0.2) is 29.0 Å². The van der Waals surface area contributed by atoms with Crippen molar-refractivity contribution in [1.82, 2.24) is 4.57 Å². The van der Waals surface area contributed by atoms with Crippen LogP contribution in [0.4, 0.5) is 13.2 Å². The smallest absolute Gasteiger partial charge is 0.387 e. The maximum Gasteiger partial charge on any atom is 0.387 e. The summed E-state index contributed by atoms with van der Waals surface area (Å²) < 4.78 is 49.3. The number of esters is 1. The van der Waals surface area contributed by atoms with E-state index in [-0.39, 0.29) is 11.5 Å². The molecule has 5 nitrogen and oxygen atoms in total. The van der Waals surface area contributed by atoms with E-state index in [0.717, 1.165) is 11.8 Å². The Morgan fingerprint density at radius 1 is 1.03 bits per heavy atom. The first-order chi connectivity index (χ1) is 15.7. The van der Waals surface area contributed by atoms with E-state index in [1.54, 1.807) is 42.7 Å². The van der Waals surface area contributed by atoms with E-state index in [9.17, 15) is 22.8 Å². The molecule has 0 radical (unpaired) electrons. The number of hydrogen-bond donors (Lipinski definition) is 0. The predicted octanol–water partition coefficient (Wildman–Crippen LogP) is 5.66. The van der Waals surface area contributed by atoms with E-state index < -0.39 is 24.5 Å². The molecule has 8 heteroatoms. The number of benzene rings is 2. The molecule has 0 aliphatic carbocycles. The Morgan fingerprint density at radius 2 is 1.73 bits per heavy atom. The van der Waals surface area contributed by atoms with E-state index in [0.29, 0.717) is 22.5 Å². The summed E-state index contributed by atoms with van der Waals surface area (Å²) in [6.45, 7) is 2.09. The quantitative estimate of drug-likeness (QED) is 0.249. The Kier molecular flexibility index (Phi) is 7.37. The molecule has 0 saturated heterocycles. The van der Waals surface area contributed by atoms with Crippen LogP contribution >= 0.6 is 0 Å². The lowest BCUT2D eigenvalue weighted by Gasteiger charge is -2.13. The van der Waals surface area contributed by atoms with Gasteiger partial charge in [0.25, 0.3) is 0 Å². The number of carbonyl (C=O) groups is 2. The van der Waals surface area contributed by atoms with Crippen LogP contribution in [0.15, 0.2) is 60.7 Å². The van der Waals surface area contributed by atoms with Crippen LogP contribution in [-0.2, 0) is 9.53 Å². The summed E-state index contributed by atoms with van der Waals surface area (Å²) in [5, 5.41) is 0. The molecule has 1 atom stereocenters. The molecule has 1 aromatic heterocycles. The van der Waals surface area contributed by atoms with Crippen molar-refractivity contribution >= 4 is 17.8 Å². The highest BCUT2D eigenvalue weighted by Gasteiger charge is 2.24. The van der Waals surface area contributed by atoms with Gasteiger partial charge in [-0.05, 0) is 74.9 Å². The van der Waals surface area contributed by atoms with Crippen LogP contribution in [0, 0.1) is 19.7 Å². The summed E-state index contributed by atoms with van der Waals surface area (Å²) in [7, 11) is 0. The molecular weight excluding hydrogens is 435 g/mol. The fourth-order valence-electron chi connectivity index (χ4n) is 3.45. The van der Waals surface area contributed by atoms with E-state index in [4.69, 9.17) is 4.74 Å². The lowest BCUT2D eigenvalue weighted by atomic mass is 10.1. The predicted molar refractivity (Wildman–Crippen MR) is 117 cm³/mol. The van der Waals surface area contributed by atoms with Gasteiger partial charge in [0.2, 0.25) is 5.78 Å². The highest BCUT2D eigenvalue weighted by Crippen LogP contribution is 2.24. The molecule has 0 fully saturated rings. The largest absolute Gasteiger partial charge is 0.451 e. The number of nitrogens with zero attached hydrogens (tertiary/aromatic N) is 1. The van der Waals surface area contributed by atoms with Crippen molar-refractivity contribution in [3.05, 3.63) is 89.0 Å². The van der Waals surface area contributed by atoms with Crippen LogP contribution in [0.3, 0.4) is 0 Å². The lowest BCUT2D eigenvalue weighted by molar-refractivity contribution is -0.140. The minimum atomic E-state index is -2.91. The Labute approximate surface area is 189 Å². The number of alkyl halides is 2. The van der Waals surface area contributed by atoms with Crippen LogP contribution in [0.5, 0.6) is 5.75 Å². The second-order valence-electron chi connectivity index (χ2n) is 7.32. The molecule has 33 heavy (non-hydrogen) atoms. The van der Waals surface area contributed by atoms with Gasteiger partial charge in [-0.2, -0.15) is 8.78 Å². The number of aryl methyl sites for hydroxylation is 1. The molecule has 2 aromatic carbocycles. The van der Waals surface area contributed by atoms with E-state index >= 15 is 0 Å². The first kappa shape index (κ1) is 23.8. The Morgan fingerprint density at radius 3 is 2.36 bits per heavy atom. The van der Waals surface area contributed by atoms with Gasteiger partial charge in [0, 0.05) is 28.7 Å². The SMILES string of the molecule is Cc1cc(C(=O)C(C)OC(=O)C=Cc2cccc(F)c2)c(C)n1-c1ccc(OC(F)F)cc1. The summed E-state index contributed by atoms with van der Waals surface area (Å²) in [5.74, 6) is -1.53. The lowest BCUT2D eigenvalue weighted by Crippen LogP contribution is -2.24. The second kappa shape index (κ2) is 10.2. The van der Waals surface area contributed by atoms with Gasteiger partial charge in [-0.25, -0.2) is 9.18 Å². The van der Waals surface area contributed by atoms with Crippen molar-refractivity contribution in [3.63, 3.8) is 0 Å². The zero-order valence-electron chi connectivity index (χ0n) is 18.2. The minimum absolute atomic E-state index is 0.0272. The van der Waals surface area contributed by atoms with E-state index in [1.165, 1.54) is 43.3 Å². The Balaban J connectivity index is 1.72. The minimum Gasteiger partial charge on any atom is -0.451 e. The van der Waals surface area contributed by atoms with Gasteiger partial charge < -0.3 is 14.0 Å². The van der Waals surface area contributed by atoms with Gasteiger partial charge >= 0.3 is 12.6 Å². The highest BCUT2D eigenvalue weighted by atomic mass is 19.3. The van der Waals surface area contributed by atoms with Crippen LogP contribution < -0.4 is 4.74 Å². The molecule has 172 valence electrons. The molecule has 0 amide bonds. The zero-order valence-corrected chi connectivity index (χ0v) is 18.2. The van der Waals surface area contributed by atoms with Gasteiger partial charge in [-0.3, -0.25) is 4.79 Å². The maximum atomic E-state index is 13.2. The number of ketones is 1. The molecule has 0 bridgehead atoms. The summed E-state index contributed by atoms with van der Waals surface area (Å²) in [4.78, 5) is 25.0. The van der Waals surface area contributed by atoms with Crippen molar-refractivity contribution in [2.45, 2.75) is 33.5 Å². The van der Waals surface area contributed by atoms with E-state index in [1.807, 2.05) is 0 Å². The summed E-state index contributed by atoms with van der Waals surface area (Å²) in [5.41, 5.74) is 2.86. The molecule has 0 aliphatic rings. The third kappa shape index (κ3) is 5.91. The van der Waals surface area contributed by atoms with Crippen LogP contribution in [0.2, 0.25) is 0 Å². The number of Topliss-reactive ketones (excluding diaryl/α,β-unsaturated/α-hetero) is 1. The molecule has 3 rings (SSSR count). The normalized spacial score (nSPS) is 12.2. The van der Waals surface area contributed by atoms with Crippen molar-refractivity contribution in [3.8, 4) is 11.4 Å². The van der Waals surface area contributed by atoms with Crippen molar-refractivity contribution < 1.29 is 32.2 Å². The third-order valence-corrected chi connectivity index (χ3v) is 4.94. The molecule has 0 N–H and O–H groups in total. The maximum absolute atomic E-state index is 13.2. The van der Waals surface area contributed by atoms with Gasteiger partial charge in [0.15, 0.2) is 6.10 Å². The van der Waals surface area contributed by atoms with Crippen molar-refractivity contribution in [2.24, 2.45) is 0 Å².